The Morgan fingerprint density at radius 2 is 2.11 bits per heavy atom. The van der Waals surface area contributed by atoms with Crippen molar-refractivity contribution in [3.8, 4) is 0 Å². The Labute approximate surface area is 131 Å². The van der Waals surface area contributed by atoms with Crippen LogP contribution in [-0.2, 0) is 9.47 Å². The van der Waals surface area contributed by atoms with Crippen molar-refractivity contribution in [2.45, 2.75) is 18.9 Å². The highest BCUT2D eigenvalue weighted by atomic mass is 127. The fourth-order valence-corrected chi connectivity index (χ4v) is 1.80. The third-order valence-corrected chi connectivity index (χ3v) is 3.16. The molecule has 2 fully saturated rings. The molecule has 0 aromatic carbocycles. The van der Waals surface area contributed by atoms with Crippen molar-refractivity contribution in [3.05, 3.63) is 0 Å². The van der Waals surface area contributed by atoms with E-state index >= 15 is 0 Å². The van der Waals surface area contributed by atoms with E-state index in [1.54, 1.807) is 0 Å². The van der Waals surface area contributed by atoms with Crippen LogP contribution in [0, 0.1) is 5.92 Å². The summed E-state index contributed by atoms with van der Waals surface area (Å²) in [6.45, 7) is 4.31. The smallest absolute Gasteiger partial charge is 0.191 e. The van der Waals surface area contributed by atoms with Crippen LogP contribution in [0.3, 0.4) is 0 Å². The van der Waals surface area contributed by atoms with Gasteiger partial charge in [0.15, 0.2) is 5.96 Å². The number of ether oxygens (including phenoxy) is 2. The number of guanidine groups is 1. The van der Waals surface area contributed by atoms with Gasteiger partial charge in [0, 0.05) is 19.7 Å². The molecule has 2 rings (SSSR count). The molecule has 0 bridgehead atoms. The summed E-state index contributed by atoms with van der Waals surface area (Å²) in [6.07, 6.45) is 1.96. The molecule has 19 heavy (non-hydrogen) atoms. The zero-order chi connectivity index (χ0) is 12.8. The minimum absolute atomic E-state index is 0. The second-order valence-corrected chi connectivity index (χ2v) is 4.93. The summed E-state index contributed by atoms with van der Waals surface area (Å²) in [5, 5.41) is 9.70. The lowest BCUT2D eigenvalue weighted by atomic mass is 10.4. The molecule has 0 aromatic rings. The molecule has 0 spiro atoms. The number of halogens is 1. The topological polar surface area (TPSA) is 80.3 Å². The Kier molecular flexibility index (Phi) is 7.96. The molecule has 1 heterocycles. The molecule has 112 valence electrons. The average Bonchev–Trinajstić information content (AvgIpc) is 3.21. The summed E-state index contributed by atoms with van der Waals surface area (Å²) < 4.78 is 10.6. The van der Waals surface area contributed by atoms with Crippen molar-refractivity contribution >= 4 is 29.9 Å². The molecule has 0 aromatic heterocycles. The fourth-order valence-electron chi connectivity index (χ4n) is 1.80. The second kappa shape index (κ2) is 8.93. The number of aliphatic hydroxyl groups is 1. The molecule has 7 heteroatoms. The molecule has 3 N–H and O–H groups in total. The van der Waals surface area contributed by atoms with Crippen molar-refractivity contribution in [2.24, 2.45) is 16.6 Å². The minimum atomic E-state index is -0.566. The third-order valence-electron chi connectivity index (χ3n) is 3.16. The number of aliphatic imine (C=N–C) groups is 1. The second-order valence-electron chi connectivity index (χ2n) is 4.93. The van der Waals surface area contributed by atoms with Crippen molar-refractivity contribution in [2.75, 3.05) is 46.1 Å². The van der Waals surface area contributed by atoms with Gasteiger partial charge in [0.25, 0.3) is 0 Å². The first-order valence-electron chi connectivity index (χ1n) is 6.64. The molecular weight excluding hydrogens is 361 g/mol. The Morgan fingerprint density at radius 3 is 2.74 bits per heavy atom. The van der Waals surface area contributed by atoms with Gasteiger partial charge in [-0.3, -0.25) is 4.99 Å². The molecule has 0 radical (unpaired) electrons. The van der Waals surface area contributed by atoms with E-state index in [2.05, 4.69) is 4.99 Å². The van der Waals surface area contributed by atoms with Crippen LogP contribution in [-0.4, -0.2) is 68.1 Å². The Hall–Kier alpha value is -0.120. The Bertz CT molecular complexity index is 281. The number of nitrogens with two attached hydrogens (primary N) is 1. The summed E-state index contributed by atoms with van der Waals surface area (Å²) in [7, 11) is 0. The number of hydrogen-bond acceptors (Lipinski definition) is 4. The van der Waals surface area contributed by atoms with Gasteiger partial charge < -0.3 is 25.2 Å². The quantitative estimate of drug-likeness (QED) is 0.384. The van der Waals surface area contributed by atoms with E-state index in [1.165, 1.54) is 12.8 Å². The molecule has 1 atom stereocenters. The molecule has 0 amide bonds. The van der Waals surface area contributed by atoms with E-state index in [1.807, 2.05) is 4.90 Å². The number of rotatable bonds is 6. The number of hydrogen-bond donors (Lipinski definition) is 2. The van der Waals surface area contributed by atoms with Gasteiger partial charge in [0.2, 0.25) is 0 Å². The van der Waals surface area contributed by atoms with Gasteiger partial charge in [-0.1, -0.05) is 0 Å². The molecular formula is C12H24IN3O3. The van der Waals surface area contributed by atoms with Gasteiger partial charge in [0.1, 0.15) is 0 Å². The van der Waals surface area contributed by atoms with Crippen LogP contribution in [0.25, 0.3) is 0 Å². The summed E-state index contributed by atoms with van der Waals surface area (Å²) >= 11 is 0. The van der Waals surface area contributed by atoms with Gasteiger partial charge >= 0.3 is 0 Å². The maximum absolute atomic E-state index is 9.70. The molecule has 2 aliphatic rings. The van der Waals surface area contributed by atoms with Crippen LogP contribution in [0.4, 0.5) is 0 Å². The van der Waals surface area contributed by atoms with E-state index in [0.717, 1.165) is 25.6 Å². The third kappa shape index (κ3) is 6.73. The van der Waals surface area contributed by atoms with Crippen LogP contribution >= 0.6 is 24.0 Å². The molecule has 1 saturated carbocycles. The normalized spacial score (nSPS) is 21.9. The van der Waals surface area contributed by atoms with Crippen LogP contribution in [0.15, 0.2) is 4.99 Å². The van der Waals surface area contributed by atoms with E-state index in [4.69, 9.17) is 15.2 Å². The fraction of sp³-hybridized carbons (Fsp3) is 0.917. The highest BCUT2D eigenvalue weighted by Crippen LogP contribution is 2.28. The van der Waals surface area contributed by atoms with Crippen molar-refractivity contribution in [1.29, 1.82) is 0 Å². The number of morpholine rings is 1. The van der Waals surface area contributed by atoms with Crippen LogP contribution in [0.1, 0.15) is 12.8 Å². The van der Waals surface area contributed by atoms with Crippen molar-refractivity contribution in [1.82, 2.24) is 4.90 Å². The lowest BCUT2D eigenvalue weighted by Gasteiger charge is -2.27. The van der Waals surface area contributed by atoms with Gasteiger partial charge in [0.05, 0.1) is 32.5 Å². The van der Waals surface area contributed by atoms with Crippen LogP contribution in [0.5, 0.6) is 0 Å². The van der Waals surface area contributed by atoms with E-state index in [-0.39, 0.29) is 24.0 Å². The van der Waals surface area contributed by atoms with Crippen molar-refractivity contribution < 1.29 is 14.6 Å². The lowest BCUT2D eigenvalue weighted by Crippen LogP contribution is -2.45. The summed E-state index contributed by atoms with van der Waals surface area (Å²) in [4.78, 5) is 6.17. The zero-order valence-electron chi connectivity index (χ0n) is 11.2. The van der Waals surface area contributed by atoms with Crippen LogP contribution < -0.4 is 5.73 Å². The summed E-state index contributed by atoms with van der Waals surface area (Å²) in [5.41, 5.74) is 5.85. The molecule has 6 nitrogen and oxygen atoms in total. The van der Waals surface area contributed by atoms with Gasteiger partial charge in [-0.15, -0.1) is 24.0 Å². The molecule has 1 aliphatic carbocycles. The van der Waals surface area contributed by atoms with E-state index in [0.29, 0.717) is 32.3 Å². The molecule has 1 saturated heterocycles. The highest BCUT2D eigenvalue weighted by Gasteiger charge is 2.21. The monoisotopic (exact) mass is 385 g/mol. The van der Waals surface area contributed by atoms with Gasteiger partial charge in [-0.2, -0.15) is 0 Å². The number of aliphatic hydroxyl groups excluding tert-OH is 1. The first-order chi connectivity index (χ1) is 8.75. The SMILES string of the molecule is I.NC(=NCC(O)COCC1CC1)N1CCOCC1. The average molecular weight is 385 g/mol. The lowest BCUT2D eigenvalue weighted by molar-refractivity contribution is 0.0364. The molecule has 1 unspecified atom stereocenters. The largest absolute Gasteiger partial charge is 0.389 e. The summed E-state index contributed by atoms with van der Waals surface area (Å²) in [5.74, 6) is 1.21. The number of nitrogens with zero attached hydrogens (tertiary/aromatic N) is 2. The van der Waals surface area contributed by atoms with Gasteiger partial charge in [-0.25, -0.2) is 0 Å². The maximum Gasteiger partial charge on any atom is 0.191 e. The van der Waals surface area contributed by atoms with Crippen molar-refractivity contribution in [3.63, 3.8) is 0 Å². The summed E-state index contributed by atoms with van der Waals surface area (Å²) in [6, 6.07) is 0. The predicted molar refractivity (Wildman–Crippen MR) is 83.8 cm³/mol. The Morgan fingerprint density at radius 1 is 1.42 bits per heavy atom. The first kappa shape index (κ1) is 16.9. The minimum Gasteiger partial charge on any atom is -0.389 e. The predicted octanol–water partition coefficient (Wildman–Crippen LogP) is 0.0388. The maximum atomic E-state index is 9.70. The highest BCUT2D eigenvalue weighted by molar-refractivity contribution is 14.0. The Balaban J connectivity index is 0.00000180. The van der Waals surface area contributed by atoms with Gasteiger partial charge in [-0.05, 0) is 18.8 Å². The zero-order valence-corrected chi connectivity index (χ0v) is 13.5. The molecule has 1 aliphatic heterocycles. The standard InChI is InChI=1S/C12H23N3O3.HI/c13-12(15-3-5-17-6-4-15)14-7-11(16)9-18-8-10-1-2-10;/h10-11,16H,1-9H2,(H2,13,14);1H. The van der Waals surface area contributed by atoms with E-state index in [9.17, 15) is 5.11 Å². The van der Waals surface area contributed by atoms with Crippen LogP contribution in [0.2, 0.25) is 0 Å². The van der Waals surface area contributed by atoms with E-state index < -0.39 is 6.10 Å². The first-order valence-corrected chi connectivity index (χ1v) is 6.64.